The first-order valence-corrected chi connectivity index (χ1v) is 5.59. The molecule has 0 radical (unpaired) electrons. The van der Waals surface area contributed by atoms with Crippen LogP contribution in [0.1, 0.15) is 11.1 Å². The van der Waals surface area contributed by atoms with Gasteiger partial charge in [0.1, 0.15) is 6.07 Å². The van der Waals surface area contributed by atoms with Crippen molar-refractivity contribution in [2.24, 2.45) is 0 Å². The summed E-state index contributed by atoms with van der Waals surface area (Å²) >= 11 is 0. The van der Waals surface area contributed by atoms with E-state index in [1.165, 1.54) is 5.56 Å². The van der Waals surface area contributed by atoms with Gasteiger partial charge >= 0.3 is 0 Å². The van der Waals surface area contributed by atoms with E-state index in [4.69, 9.17) is 5.26 Å². The molecular formula is C14H10N4. The fraction of sp³-hybridized carbons (Fsp3) is 0.0714. The van der Waals surface area contributed by atoms with Gasteiger partial charge in [0.15, 0.2) is 5.65 Å². The van der Waals surface area contributed by atoms with Crippen molar-refractivity contribution in [2.45, 2.75) is 6.92 Å². The topological polar surface area (TPSA) is 54.5 Å². The van der Waals surface area contributed by atoms with Crippen molar-refractivity contribution in [2.75, 3.05) is 0 Å². The third-order valence-corrected chi connectivity index (χ3v) is 2.82. The van der Waals surface area contributed by atoms with E-state index in [1.807, 2.05) is 31.2 Å². The van der Waals surface area contributed by atoms with E-state index in [0.29, 0.717) is 5.56 Å². The maximum absolute atomic E-state index is 8.83. The third kappa shape index (κ3) is 1.62. The fourth-order valence-corrected chi connectivity index (χ4v) is 1.86. The van der Waals surface area contributed by atoms with Gasteiger partial charge in [-0.3, -0.25) is 0 Å². The van der Waals surface area contributed by atoms with E-state index < -0.39 is 0 Å². The van der Waals surface area contributed by atoms with Crippen LogP contribution in [-0.2, 0) is 0 Å². The van der Waals surface area contributed by atoms with Crippen molar-refractivity contribution in [3.05, 3.63) is 53.9 Å². The minimum absolute atomic E-state index is 0.547. The molecule has 0 unspecified atom stereocenters. The van der Waals surface area contributed by atoms with E-state index in [2.05, 4.69) is 16.2 Å². The lowest BCUT2D eigenvalue weighted by atomic mass is 10.2. The zero-order valence-corrected chi connectivity index (χ0v) is 9.83. The average molecular weight is 234 g/mol. The molecule has 18 heavy (non-hydrogen) atoms. The van der Waals surface area contributed by atoms with Crippen LogP contribution in [-0.4, -0.2) is 14.8 Å². The number of fused-ring (bicyclic) bond motifs is 1. The van der Waals surface area contributed by atoms with Gasteiger partial charge in [0.25, 0.3) is 0 Å². The smallest absolute Gasteiger partial charge is 0.162 e. The largest absolute Gasteiger partial charge is 0.235 e. The summed E-state index contributed by atoms with van der Waals surface area (Å²) in [6, 6.07) is 11.9. The van der Waals surface area contributed by atoms with Crippen molar-refractivity contribution in [1.82, 2.24) is 14.8 Å². The second kappa shape index (κ2) is 3.97. The van der Waals surface area contributed by atoms with Crippen LogP contribution in [0.3, 0.4) is 0 Å². The Balaban J connectivity index is 2.19. The van der Waals surface area contributed by atoms with Crippen LogP contribution in [0.25, 0.3) is 16.7 Å². The summed E-state index contributed by atoms with van der Waals surface area (Å²) < 4.78 is 1.77. The molecule has 0 atom stereocenters. The molecule has 0 saturated carbocycles. The standard InChI is InChI=1S/C14H10N4/c1-10-2-4-13(5-3-10)18-14-12(9-17-18)6-11(7-15)8-16-14/h2-6,8-9H,1H3. The number of aromatic nitrogens is 3. The van der Waals surface area contributed by atoms with E-state index in [-0.39, 0.29) is 0 Å². The summed E-state index contributed by atoms with van der Waals surface area (Å²) in [6.07, 6.45) is 3.29. The van der Waals surface area contributed by atoms with Gasteiger partial charge in [-0.15, -0.1) is 0 Å². The van der Waals surface area contributed by atoms with Gasteiger partial charge in [0, 0.05) is 11.6 Å². The molecule has 2 aromatic heterocycles. The van der Waals surface area contributed by atoms with Crippen LogP contribution < -0.4 is 0 Å². The van der Waals surface area contributed by atoms with Crippen LogP contribution in [0.15, 0.2) is 42.7 Å². The summed E-state index contributed by atoms with van der Waals surface area (Å²) in [5.41, 5.74) is 3.48. The van der Waals surface area contributed by atoms with Crippen LogP contribution in [0, 0.1) is 18.3 Å². The fourth-order valence-electron chi connectivity index (χ4n) is 1.86. The Kier molecular flexibility index (Phi) is 2.31. The van der Waals surface area contributed by atoms with E-state index in [1.54, 1.807) is 23.1 Å². The second-order valence-corrected chi connectivity index (χ2v) is 4.14. The number of hydrogen-bond donors (Lipinski definition) is 0. The van der Waals surface area contributed by atoms with Crippen LogP contribution in [0.2, 0.25) is 0 Å². The number of rotatable bonds is 1. The quantitative estimate of drug-likeness (QED) is 0.650. The molecule has 0 aliphatic carbocycles. The van der Waals surface area contributed by atoms with Crippen LogP contribution in [0.4, 0.5) is 0 Å². The molecular weight excluding hydrogens is 224 g/mol. The molecule has 0 spiro atoms. The molecule has 3 aromatic rings. The zero-order chi connectivity index (χ0) is 12.5. The molecule has 0 saturated heterocycles. The molecule has 2 heterocycles. The normalized spacial score (nSPS) is 10.4. The molecule has 86 valence electrons. The monoisotopic (exact) mass is 234 g/mol. The Morgan fingerprint density at radius 2 is 1.94 bits per heavy atom. The minimum Gasteiger partial charge on any atom is -0.235 e. The van der Waals surface area contributed by atoms with Gasteiger partial charge in [-0.05, 0) is 25.1 Å². The van der Waals surface area contributed by atoms with Gasteiger partial charge in [-0.1, -0.05) is 17.7 Å². The highest BCUT2D eigenvalue weighted by Gasteiger charge is 2.06. The van der Waals surface area contributed by atoms with E-state index in [0.717, 1.165) is 16.7 Å². The van der Waals surface area contributed by atoms with Gasteiger partial charge in [-0.2, -0.15) is 10.4 Å². The van der Waals surface area contributed by atoms with Crippen molar-refractivity contribution < 1.29 is 0 Å². The van der Waals surface area contributed by atoms with E-state index >= 15 is 0 Å². The molecule has 0 amide bonds. The SMILES string of the molecule is Cc1ccc(-n2ncc3cc(C#N)cnc32)cc1. The predicted molar refractivity (Wildman–Crippen MR) is 68.3 cm³/mol. The molecule has 1 aromatic carbocycles. The minimum atomic E-state index is 0.547. The first-order valence-electron chi connectivity index (χ1n) is 5.59. The first kappa shape index (κ1) is 10.5. The molecule has 3 rings (SSSR count). The van der Waals surface area contributed by atoms with Crippen LogP contribution in [0.5, 0.6) is 0 Å². The summed E-state index contributed by atoms with van der Waals surface area (Å²) in [5, 5.41) is 14.0. The zero-order valence-electron chi connectivity index (χ0n) is 9.83. The Labute approximate surface area is 104 Å². The van der Waals surface area contributed by atoms with Gasteiger partial charge < -0.3 is 0 Å². The molecule has 0 aliphatic rings. The third-order valence-electron chi connectivity index (χ3n) is 2.82. The highest BCUT2D eigenvalue weighted by molar-refractivity contribution is 5.77. The molecule has 0 N–H and O–H groups in total. The second-order valence-electron chi connectivity index (χ2n) is 4.14. The lowest BCUT2D eigenvalue weighted by Gasteiger charge is -2.02. The Bertz CT molecular complexity index is 748. The molecule has 0 aliphatic heterocycles. The number of hydrogen-bond acceptors (Lipinski definition) is 3. The molecule has 0 fully saturated rings. The maximum Gasteiger partial charge on any atom is 0.162 e. The number of aryl methyl sites for hydroxylation is 1. The van der Waals surface area contributed by atoms with Gasteiger partial charge in [0.2, 0.25) is 0 Å². The van der Waals surface area contributed by atoms with Crippen molar-refractivity contribution in [3.63, 3.8) is 0 Å². The van der Waals surface area contributed by atoms with Crippen molar-refractivity contribution in [1.29, 1.82) is 5.26 Å². The molecule has 4 nitrogen and oxygen atoms in total. The molecule has 0 bridgehead atoms. The highest BCUT2D eigenvalue weighted by atomic mass is 15.3. The van der Waals surface area contributed by atoms with E-state index in [9.17, 15) is 0 Å². The summed E-state index contributed by atoms with van der Waals surface area (Å²) in [4.78, 5) is 4.29. The summed E-state index contributed by atoms with van der Waals surface area (Å²) in [5.74, 6) is 0. The number of pyridine rings is 1. The Morgan fingerprint density at radius 1 is 1.17 bits per heavy atom. The average Bonchev–Trinajstić information content (AvgIpc) is 2.82. The predicted octanol–water partition coefficient (Wildman–Crippen LogP) is 2.60. The first-order chi connectivity index (χ1) is 8.78. The number of nitriles is 1. The lowest BCUT2D eigenvalue weighted by Crippen LogP contribution is -1.97. The Hall–Kier alpha value is -2.67. The summed E-state index contributed by atoms with van der Waals surface area (Å²) in [7, 11) is 0. The highest BCUT2D eigenvalue weighted by Crippen LogP contribution is 2.17. The van der Waals surface area contributed by atoms with Gasteiger partial charge in [-0.25, -0.2) is 9.67 Å². The maximum atomic E-state index is 8.83. The van der Waals surface area contributed by atoms with Gasteiger partial charge in [0.05, 0.1) is 17.4 Å². The Morgan fingerprint density at radius 3 is 2.67 bits per heavy atom. The lowest BCUT2D eigenvalue weighted by molar-refractivity contribution is 0.896. The molecule has 4 heteroatoms. The van der Waals surface area contributed by atoms with Crippen molar-refractivity contribution >= 4 is 11.0 Å². The number of benzene rings is 1. The summed E-state index contributed by atoms with van der Waals surface area (Å²) in [6.45, 7) is 2.04. The van der Waals surface area contributed by atoms with Crippen LogP contribution >= 0.6 is 0 Å². The van der Waals surface area contributed by atoms with Crippen molar-refractivity contribution in [3.8, 4) is 11.8 Å². The number of nitrogens with zero attached hydrogens (tertiary/aromatic N) is 4.